The minimum absolute atomic E-state index is 0.424. The van der Waals surface area contributed by atoms with Gasteiger partial charge in [-0.05, 0) is 17.7 Å². The molecular weight excluding hydrogens is 242 g/mol. The van der Waals surface area contributed by atoms with Gasteiger partial charge in [-0.3, -0.25) is 0 Å². The molecule has 0 heterocycles. The third-order valence-corrected chi connectivity index (χ3v) is 2.65. The number of ether oxygens (including phenoxy) is 2. The van der Waals surface area contributed by atoms with Crippen LogP contribution in [0.4, 0.5) is 0 Å². The van der Waals surface area contributed by atoms with Gasteiger partial charge in [0.25, 0.3) is 0 Å². The maximum atomic E-state index is 8.67. The summed E-state index contributed by atoms with van der Waals surface area (Å²) in [4.78, 5) is 0. The third-order valence-electron chi connectivity index (χ3n) is 2.65. The van der Waals surface area contributed by atoms with Crippen LogP contribution in [0.25, 0.3) is 0 Å². The van der Waals surface area contributed by atoms with Crippen LogP contribution < -0.4 is 9.47 Å². The molecule has 0 saturated carbocycles. The van der Waals surface area contributed by atoms with Gasteiger partial charge in [-0.2, -0.15) is 0 Å². The van der Waals surface area contributed by atoms with Crippen molar-refractivity contribution in [3.05, 3.63) is 59.7 Å². The Labute approximate surface area is 111 Å². The van der Waals surface area contributed by atoms with Gasteiger partial charge in [0.15, 0.2) is 11.5 Å². The normalized spacial score (nSPS) is 10.6. The quantitative estimate of drug-likeness (QED) is 0.508. The molecule has 0 aliphatic rings. The number of para-hydroxylation sites is 1. The molecule has 0 fully saturated rings. The van der Waals surface area contributed by atoms with E-state index >= 15 is 0 Å². The predicted molar refractivity (Wildman–Crippen MR) is 73.1 cm³/mol. The molecule has 0 unspecified atom stereocenters. The van der Waals surface area contributed by atoms with Crippen LogP contribution in [0.5, 0.6) is 11.5 Å². The predicted octanol–water partition coefficient (Wildman–Crippen LogP) is 3.08. The number of rotatable bonds is 5. The first kappa shape index (κ1) is 13.0. The Morgan fingerprint density at radius 3 is 2.58 bits per heavy atom. The molecule has 0 aromatic heterocycles. The first-order chi connectivity index (χ1) is 9.35. The van der Waals surface area contributed by atoms with Gasteiger partial charge in [0, 0.05) is 5.56 Å². The number of benzene rings is 2. The zero-order valence-electron chi connectivity index (χ0n) is 10.6. The highest BCUT2D eigenvalue weighted by atomic mass is 16.5. The van der Waals surface area contributed by atoms with Crippen molar-refractivity contribution >= 4 is 6.21 Å². The van der Waals surface area contributed by atoms with Gasteiger partial charge in [0.2, 0.25) is 0 Å². The van der Waals surface area contributed by atoms with E-state index in [9.17, 15) is 0 Å². The third kappa shape index (κ3) is 3.25. The number of nitrogens with zero attached hydrogens (tertiary/aromatic N) is 1. The van der Waals surface area contributed by atoms with Crippen molar-refractivity contribution < 1.29 is 14.7 Å². The highest BCUT2D eigenvalue weighted by Crippen LogP contribution is 2.30. The number of hydrogen-bond donors (Lipinski definition) is 1. The summed E-state index contributed by atoms with van der Waals surface area (Å²) in [5.74, 6) is 1.17. The molecule has 0 radical (unpaired) electrons. The van der Waals surface area contributed by atoms with Gasteiger partial charge in [0.1, 0.15) is 6.61 Å². The van der Waals surface area contributed by atoms with Crippen molar-refractivity contribution in [3.8, 4) is 11.5 Å². The monoisotopic (exact) mass is 257 g/mol. The van der Waals surface area contributed by atoms with E-state index in [1.807, 2.05) is 36.4 Å². The van der Waals surface area contributed by atoms with E-state index in [1.54, 1.807) is 19.2 Å². The molecular formula is C15H15NO3. The van der Waals surface area contributed by atoms with Crippen molar-refractivity contribution in [1.29, 1.82) is 0 Å². The van der Waals surface area contributed by atoms with Crippen LogP contribution >= 0.6 is 0 Å². The molecule has 0 atom stereocenters. The van der Waals surface area contributed by atoms with Gasteiger partial charge in [-0.25, -0.2) is 0 Å². The lowest BCUT2D eigenvalue weighted by Gasteiger charge is -2.12. The highest BCUT2D eigenvalue weighted by Gasteiger charge is 2.09. The van der Waals surface area contributed by atoms with E-state index in [2.05, 4.69) is 5.16 Å². The van der Waals surface area contributed by atoms with Crippen molar-refractivity contribution in [3.63, 3.8) is 0 Å². The minimum atomic E-state index is 0.424. The van der Waals surface area contributed by atoms with Crippen molar-refractivity contribution in [2.75, 3.05) is 7.11 Å². The molecule has 0 aliphatic carbocycles. The molecule has 4 heteroatoms. The minimum Gasteiger partial charge on any atom is -0.493 e. The molecule has 0 saturated heterocycles. The Morgan fingerprint density at radius 1 is 1.11 bits per heavy atom. The van der Waals surface area contributed by atoms with Gasteiger partial charge in [-0.15, -0.1) is 0 Å². The standard InChI is InChI=1S/C15H15NO3/c1-18-14-9-5-8-13(10-16-17)15(14)19-11-12-6-3-2-4-7-12/h2-10,17H,11H2,1H3/b16-10+. The lowest BCUT2D eigenvalue weighted by molar-refractivity contribution is 0.283. The average Bonchev–Trinajstić information content (AvgIpc) is 2.47. The van der Waals surface area contributed by atoms with Crippen molar-refractivity contribution in [2.45, 2.75) is 6.61 Å². The topological polar surface area (TPSA) is 51.0 Å². The Hall–Kier alpha value is -2.49. The average molecular weight is 257 g/mol. The molecule has 2 aromatic carbocycles. The molecule has 1 N–H and O–H groups in total. The van der Waals surface area contributed by atoms with Gasteiger partial charge in [0.05, 0.1) is 13.3 Å². The van der Waals surface area contributed by atoms with Crippen LogP contribution in [0, 0.1) is 0 Å². The molecule has 0 spiro atoms. The van der Waals surface area contributed by atoms with Crippen molar-refractivity contribution in [1.82, 2.24) is 0 Å². The summed E-state index contributed by atoms with van der Waals surface area (Å²) in [5, 5.41) is 11.7. The number of methoxy groups -OCH3 is 1. The summed E-state index contributed by atoms with van der Waals surface area (Å²) in [6.45, 7) is 0.424. The van der Waals surface area contributed by atoms with Crippen LogP contribution in [0.2, 0.25) is 0 Å². The fourth-order valence-electron chi connectivity index (χ4n) is 1.74. The Bertz CT molecular complexity index is 553. The number of hydrogen-bond acceptors (Lipinski definition) is 4. The Balaban J connectivity index is 2.22. The molecule has 2 rings (SSSR count). The molecule has 4 nitrogen and oxygen atoms in total. The van der Waals surface area contributed by atoms with Gasteiger partial charge >= 0.3 is 0 Å². The van der Waals surface area contributed by atoms with Crippen LogP contribution in [0.15, 0.2) is 53.7 Å². The van der Waals surface area contributed by atoms with Crippen LogP contribution in [-0.4, -0.2) is 18.5 Å². The van der Waals surface area contributed by atoms with Gasteiger partial charge in [-0.1, -0.05) is 41.6 Å². The van der Waals surface area contributed by atoms with E-state index in [0.29, 0.717) is 23.7 Å². The summed E-state index contributed by atoms with van der Waals surface area (Å²) >= 11 is 0. The van der Waals surface area contributed by atoms with Gasteiger partial charge < -0.3 is 14.7 Å². The SMILES string of the molecule is COc1cccc(/C=N/O)c1OCc1ccccc1. The van der Waals surface area contributed by atoms with E-state index in [1.165, 1.54) is 6.21 Å². The molecule has 0 amide bonds. The lowest BCUT2D eigenvalue weighted by Crippen LogP contribution is -2.00. The summed E-state index contributed by atoms with van der Waals surface area (Å²) in [6.07, 6.45) is 1.32. The van der Waals surface area contributed by atoms with E-state index in [4.69, 9.17) is 14.7 Å². The van der Waals surface area contributed by atoms with Crippen LogP contribution in [-0.2, 0) is 6.61 Å². The lowest BCUT2D eigenvalue weighted by atomic mass is 10.2. The fourth-order valence-corrected chi connectivity index (χ4v) is 1.74. The first-order valence-electron chi connectivity index (χ1n) is 5.86. The molecule has 2 aromatic rings. The summed E-state index contributed by atoms with van der Waals surface area (Å²) in [6, 6.07) is 15.2. The Morgan fingerprint density at radius 2 is 1.89 bits per heavy atom. The summed E-state index contributed by atoms with van der Waals surface area (Å²) in [5.41, 5.74) is 1.72. The number of oxime groups is 1. The maximum absolute atomic E-state index is 8.67. The van der Waals surface area contributed by atoms with Crippen LogP contribution in [0.3, 0.4) is 0 Å². The zero-order valence-corrected chi connectivity index (χ0v) is 10.6. The summed E-state index contributed by atoms with van der Waals surface area (Å²) in [7, 11) is 1.57. The fraction of sp³-hybridized carbons (Fsp3) is 0.133. The maximum Gasteiger partial charge on any atom is 0.170 e. The van der Waals surface area contributed by atoms with E-state index in [-0.39, 0.29) is 0 Å². The second-order valence-corrected chi connectivity index (χ2v) is 3.90. The molecule has 98 valence electrons. The first-order valence-corrected chi connectivity index (χ1v) is 5.86. The molecule has 19 heavy (non-hydrogen) atoms. The molecule has 0 aliphatic heterocycles. The highest BCUT2D eigenvalue weighted by molar-refractivity contribution is 5.84. The van der Waals surface area contributed by atoms with E-state index in [0.717, 1.165) is 5.56 Å². The van der Waals surface area contributed by atoms with E-state index < -0.39 is 0 Å². The zero-order chi connectivity index (χ0) is 13.5. The smallest absolute Gasteiger partial charge is 0.170 e. The Kier molecular flexibility index (Phi) is 4.39. The summed E-state index contributed by atoms with van der Waals surface area (Å²) < 4.78 is 11.0. The van der Waals surface area contributed by atoms with Crippen molar-refractivity contribution in [2.24, 2.45) is 5.16 Å². The largest absolute Gasteiger partial charge is 0.493 e. The molecule has 0 bridgehead atoms. The van der Waals surface area contributed by atoms with Crippen LogP contribution in [0.1, 0.15) is 11.1 Å². The second kappa shape index (κ2) is 6.44. The second-order valence-electron chi connectivity index (χ2n) is 3.90.